The summed E-state index contributed by atoms with van der Waals surface area (Å²) in [7, 11) is 0. The van der Waals surface area contributed by atoms with Crippen LogP contribution in [0.1, 0.15) is 66.3 Å². The highest BCUT2D eigenvalue weighted by Crippen LogP contribution is 2.24. The second-order valence-electron chi connectivity index (χ2n) is 7.69. The average molecular weight is 393 g/mol. The molecule has 1 saturated heterocycles. The quantitative estimate of drug-likeness (QED) is 0.563. The molecule has 1 aliphatic heterocycles. The summed E-state index contributed by atoms with van der Waals surface area (Å²) in [5.74, 6) is -0.835. The van der Waals surface area contributed by atoms with Gasteiger partial charge in [-0.2, -0.15) is 0 Å². The Morgan fingerprint density at radius 2 is 1.38 bits per heavy atom. The van der Waals surface area contributed by atoms with Gasteiger partial charge in [-0.1, -0.05) is 42.5 Å². The number of esters is 1. The van der Waals surface area contributed by atoms with Gasteiger partial charge in [0.1, 0.15) is 0 Å². The van der Waals surface area contributed by atoms with Gasteiger partial charge in [0, 0.05) is 23.2 Å². The number of ether oxygens (including phenoxy) is 1. The summed E-state index contributed by atoms with van der Waals surface area (Å²) >= 11 is 0. The van der Waals surface area contributed by atoms with Crippen molar-refractivity contribution < 1.29 is 19.1 Å². The second-order valence-corrected chi connectivity index (χ2v) is 7.69. The van der Waals surface area contributed by atoms with Crippen molar-refractivity contribution in [2.45, 2.75) is 58.2 Å². The number of amides is 1. The number of nitrogens with zero attached hydrogens (tertiary/aromatic N) is 1. The molecule has 2 aromatic carbocycles. The highest BCUT2D eigenvalue weighted by Gasteiger charge is 2.33. The van der Waals surface area contributed by atoms with E-state index in [1.807, 2.05) is 24.8 Å². The first-order valence-corrected chi connectivity index (χ1v) is 10.1. The number of rotatable bonds is 5. The molecule has 0 saturated carbocycles. The Kier molecular flexibility index (Phi) is 6.47. The van der Waals surface area contributed by atoms with Crippen LogP contribution in [0.15, 0.2) is 54.6 Å². The van der Waals surface area contributed by atoms with E-state index in [4.69, 9.17) is 4.74 Å². The van der Waals surface area contributed by atoms with Gasteiger partial charge in [0.25, 0.3) is 5.91 Å². The van der Waals surface area contributed by atoms with Crippen molar-refractivity contribution in [1.29, 1.82) is 0 Å². The van der Waals surface area contributed by atoms with Crippen LogP contribution in [0.3, 0.4) is 0 Å². The van der Waals surface area contributed by atoms with Crippen LogP contribution in [0.2, 0.25) is 0 Å². The zero-order chi connectivity index (χ0) is 21.0. The lowest BCUT2D eigenvalue weighted by Gasteiger charge is -2.40. The third-order valence-corrected chi connectivity index (χ3v) is 5.50. The lowest BCUT2D eigenvalue weighted by atomic mass is 9.97. The third kappa shape index (κ3) is 4.73. The lowest BCUT2D eigenvalue weighted by Crippen LogP contribution is -2.51. The van der Waals surface area contributed by atoms with Crippen molar-refractivity contribution in [2.75, 3.05) is 0 Å². The fourth-order valence-electron chi connectivity index (χ4n) is 3.86. The molecule has 0 aromatic heterocycles. The molecule has 5 heteroatoms. The first kappa shape index (κ1) is 20.8. The van der Waals surface area contributed by atoms with Crippen LogP contribution in [0.25, 0.3) is 0 Å². The number of carbonyl (C=O) groups is 3. The first-order chi connectivity index (χ1) is 13.9. The van der Waals surface area contributed by atoms with Crippen molar-refractivity contribution in [3.63, 3.8) is 0 Å². The van der Waals surface area contributed by atoms with E-state index < -0.39 is 12.1 Å². The predicted molar refractivity (Wildman–Crippen MR) is 111 cm³/mol. The number of carbonyl (C=O) groups excluding carboxylic acids is 3. The summed E-state index contributed by atoms with van der Waals surface area (Å²) in [6, 6.07) is 15.6. The zero-order valence-corrected chi connectivity index (χ0v) is 17.1. The number of hydrogen-bond acceptors (Lipinski definition) is 4. The van der Waals surface area contributed by atoms with Crippen molar-refractivity contribution in [1.82, 2.24) is 4.90 Å². The van der Waals surface area contributed by atoms with E-state index in [9.17, 15) is 14.4 Å². The molecule has 1 aliphatic rings. The minimum atomic E-state index is -0.851. The van der Waals surface area contributed by atoms with Gasteiger partial charge < -0.3 is 9.64 Å². The molecule has 0 bridgehead atoms. The fraction of sp³-hybridized carbons (Fsp3) is 0.375. The Morgan fingerprint density at radius 3 is 1.97 bits per heavy atom. The standard InChI is InChI=1S/C24H27NO4/c1-16-8-7-9-17(2)25(16)23(27)18(3)29-24(28)21-14-12-20(13-15-21)22(26)19-10-5-4-6-11-19/h4-6,10-18H,7-9H2,1-3H3/t16-,17-,18+/m0/s1. The Hall–Kier alpha value is -2.95. The summed E-state index contributed by atoms with van der Waals surface area (Å²) in [5.41, 5.74) is 1.40. The highest BCUT2D eigenvalue weighted by molar-refractivity contribution is 6.09. The molecule has 0 spiro atoms. The van der Waals surface area contributed by atoms with E-state index in [2.05, 4.69) is 0 Å². The molecule has 5 nitrogen and oxygen atoms in total. The maximum absolute atomic E-state index is 12.8. The fourth-order valence-corrected chi connectivity index (χ4v) is 3.86. The minimum absolute atomic E-state index is 0.109. The zero-order valence-electron chi connectivity index (χ0n) is 17.1. The molecule has 0 unspecified atom stereocenters. The van der Waals surface area contributed by atoms with Gasteiger partial charge in [-0.15, -0.1) is 0 Å². The van der Waals surface area contributed by atoms with Gasteiger partial charge in [0.05, 0.1) is 5.56 Å². The maximum Gasteiger partial charge on any atom is 0.338 e. The molecular formula is C24H27NO4. The summed E-state index contributed by atoms with van der Waals surface area (Å²) < 4.78 is 5.42. The number of piperidine rings is 1. The monoisotopic (exact) mass is 393 g/mol. The molecule has 0 aliphatic carbocycles. The average Bonchev–Trinajstić information content (AvgIpc) is 2.73. The Morgan fingerprint density at radius 1 is 0.862 bits per heavy atom. The molecule has 1 heterocycles. The Bertz CT molecular complexity index is 866. The summed E-state index contributed by atoms with van der Waals surface area (Å²) in [4.78, 5) is 39.6. The summed E-state index contributed by atoms with van der Waals surface area (Å²) in [6.07, 6.45) is 2.19. The molecule has 152 valence electrons. The molecule has 0 N–H and O–H groups in total. The van der Waals surface area contributed by atoms with E-state index in [0.717, 1.165) is 19.3 Å². The van der Waals surface area contributed by atoms with E-state index in [1.165, 1.54) is 0 Å². The molecule has 29 heavy (non-hydrogen) atoms. The van der Waals surface area contributed by atoms with Gasteiger partial charge in [-0.25, -0.2) is 4.79 Å². The van der Waals surface area contributed by atoms with Gasteiger partial charge in [-0.3, -0.25) is 9.59 Å². The highest BCUT2D eigenvalue weighted by atomic mass is 16.5. The van der Waals surface area contributed by atoms with Crippen LogP contribution in [-0.2, 0) is 9.53 Å². The molecule has 0 radical (unpaired) electrons. The van der Waals surface area contributed by atoms with E-state index in [0.29, 0.717) is 16.7 Å². The van der Waals surface area contributed by atoms with E-state index in [1.54, 1.807) is 55.5 Å². The van der Waals surface area contributed by atoms with Gasteiger partial charge in [-0.05, 0) is 52.2 Å². The Balaban J connectivity index is 1.64. The van der Waals surface area contributed by atoms with Crippen LogP contribution < -0.4 is 0 Å². The second kappa shape index (κ2) is 9.03. The molecule has 1 amide bonds. The normalized spacial score (nSPS) is 20.0. The number of benzene rings is 2. The molecule has 2 aromatic rings. The van der Waals surface area contributed by atoms with Crippen LogP contribution in [0.5, 0.6) is 0 Å². The third-order valence-electron chi connectivity index (χ3n) is 5.50. The molecule has 3 rings (SSSR count). The summed E-state index contributed by atoms with van der Waals surface area (Å²) in [6.45, 7) is 5.68. The topological polar surface area (TPSA) is 63.7 Å². The van der Waals surface area contributed by atoms with Crippen molar-refractivity contribution in [3.05, 3.63) is 71.3 Å². The smallest absolute Gasteiger partial charge is 0.338 e. The van der Waals surface area contributed by atoms with Gasteiger partial charge in [0.15, 0.2) is 11.9 Å². The predicted octanol–water partition coefficient (Wildman–Crippen LogP) is 4.25. The van der Waals surface area contributed by atoms with Crippen molar-refractivity contribution in [3.8, 4) is 0 Å². The van der Waals surface area contributed by atoms with Crippen LogP contribution >= 0.6 is 0 Å². The Labute approximate surface area is 171 Å². The van der Waals surface area contributed by atoms with Gasteiger partial charge >= 0.3 is 5.97 Å². The minimum Gasteiger partial charge on any atom is -0.449 e. The molecule has 3 atom stereocenters. The van der Waals surface area contributed by atoms with Gasteiger partial charge in [0.2, 0.25) is 0 Å². The number of ketones is 1. The molecule has 1 fully saturated rings. The first-order valence-electron chi connectivity index (χ1n) is 10.1. The van der Waals surface area contributed by atoms with Crippen LogP contribution in [0, 0.1) is 0 Å². The maximum atomic E-state index is 12.8. The van der Waals surface area contributed by atoms with Crippen LogP contribution in [0.4, 0.5) is 0 Å². The van der Waals surface area contributed by atoms with Crippen molar-refractivity contribution >= 4 is 17.7 Å². The van der Waals surface area contributed by atoms with E-state index >= 15 is 0 Å². The lowest BCUT2D eigenvalue weighted by molar-refractivity contribution is -0.146. The number of hydrogen-bond donors (Lipinski definition) is 0. The molecular weight excluding hydrogens is 366 g/mol. The van der Waals surface area contributed by atoms with Crippen molar-refractivity contribution in [2.24, 2.45) is 0 Å². The largest absolute Gasteiger partial charge is 0.449 e. The number of likely N-dealkylation sites (tertiary alicyclic amines) is 1. The SMILES string of the molecule is C[C@@H](OC(=O)c1ccc(C(=O)c2ccccc2)cc1)C(=O)N1[C@@H](C)CCC[C@@H]1C. The summed E-state index contributed by atoms with van der Waals surface area (Å²) in [5, 5.41) is 0. The van der Waals surface area contributed by atoms with E-state index in [-0.39, 0.29) is 23.8 Å². The van der Waals surface area contributed by atoms with Crippen LogP contribution in [-0.4, -0.2) is 40.7 Å².